The molecule has 0 bridgehead atoms. The molecule has 0 saturated carbocycles. The van der Waals surface area contributed by atoms with E-state index in [4.69, 9.17) is 0 Å². The average Bonchev–Trinajstić information content (AvgIpc) is 2.61. The second kappa shape index (κ2) is 7.55. The van der Waals surface area contributed by atoms with Gasteiger partial charge in [0, 0.05) is 27.9 Å². The number of thioether (sulfide) groups is 1. The summed E-state index contributed by atoms with van der Waals surface area (Å²) in [5.41, 5.74) is 2.79. The Morgan fingerprint density at radius 3 is 2.50 bits per heavy atom. The van der Waals surface area contributed by atoms with Gasteiger partial charge < -0.3 is 0 Å². The molecule has 1 heterocycles. The van der Waals surface area contributed by atoms with Crippen LogP contribution in [0.15, 0.2) is 70.2 Å². The predicted molar refractivity (Wildman–Crippen MR) is 97.8 cm³/mol. The van der Waals surface area contributed by atoms with E-state index in [2.05, 4.69) is 26.1 Å². The standard InChI is InChI=1S/C17H12BrN3O2S/c18-14-6-4-13(5-7-14)16-8-9-17(20-19-16)24-11-12-2-1-3-15(10-12)21(22)23/h1-10H,11H2. The van der Waals surface area contributed by atoms with E-state index in [-0.39, 0.29) is 10.6 Å². The van der Waals surface area contributed by atoms with Crippen LogP contribution in [0.4, 0.5) is 5.69 Å². The minimum absolute atomic E-state index is 0.102. The molecule has 3 rings (SSSR count). The van der Waals surface area contributed by atoms with E-state index in [0.29, 0.717) is 5.75 Å². The first-order valence-corrected chi connectivity index (χ1v) is 8.85. The summed E-state index contributed by atoms with van der Waals surface area (Å²) in [4.78, 5) is 10.4. The fraction of sp³-hybridized carbons (Fsp3) is 0.0588. The normalized spacial score (nSPS) is 10.5. The Bertz CT molecular complexity index is 854. The number of hydrogen-bond donors (Lipinski definition) is 0. The molecule has 0 fully saturated rings. The highest BCUT2D eigenvalue weighted by molar-refractivity contribution is 9.10. The molecule has 0 radical (unpaired) electrons. The lowest BCUT2D eigenvalue weighted by molar-refractivity contribution is -0.384. The smallest absolute Gasteiger partial charge is 0.258 e. The monoisotopic (exact) mass is 401 g/mol. The highest BCUT2D eigenvalue weighted by Crippen LogP contribution is 2.25. The maximum Gasteiger partial charge on any atom is 0.269 e. The number of benzene rings is 2. The van der Waals surface area contributed by atoms with Gasteiger partial charge in [-0.2, -0.15) is 0 Å². The van der Waals surface area contributed by atoms with E-state index in [9.17, 15) is 10.1 Å². The van der Waals surface area contributed by atoms with Gasteiger partial charge in [-0.25, -0.2) is 0 Å². The third kappa shape index (κ3) is 4.18. The van der Waals surface area contributed by atoms with Crippen LogP contribution in [0.1, 0.15) is 5.56 Å². The van der Waals surface area contributed by atoms with E-state index in [1.165, 1.54) is 17.8 Å². The van der Waals surface area contributed by atoms with Gasteiger partial charge in [0.25, 0.3) is 5.69 Å². The molecule has 3 aromatic rings. The fourth-order valence-corrected chi connectivity index (χ4v) is 3.11. The summed E-state index contributed by atoms with van der Waals surface area (Å²) in [6, 6.07) is 18.3. The van der Waals surface area contributed by atoms with Crippen LogP contribution >= 0.6 is 27.7 Å². The first-order chi connectivity index (χ1) is 11.6. The van der Waals surface area contributed by atoms with Crippen molar-refractivity contribution in [1.82, 2.24) is 10.2 Å². The van der Waals surface area contributed by atoms with Crippen molar-refractivity contribution in [2.45, 2.75) is 10.8 Å². The first kappa shape index (κ1) is 16.6. The zero-order chi connectivity index (χ0) is 16.9. The van der Waals surface area contributed by atoms with Crippen LogP contribution in [0.3, 0.4) is 0 Å². The Labute approximate surface area is 151 Å². The summed E-state index contributed by atoms with van der Waals surface area (Å²) in [6.07, 6.45) is 0. The third-order valence-corrected chi connectivity index (χ3v) is 4.81. The molecule has 120 valence electrons. The molecule has 0 unspecified atom stereocenters. The maximum atomic E-state index is 10.8. The fourth-order valence-electron chi connectivity index (χ4n) is 2.09. The zero-order valence-electron chi connectivity index (χ0n) is 12.4. The number of nitro benzene ring substituents is 1. The van der Waals surface area contributed by atoms with Gasteiger partial charge in [-0.05, 0) is 29.8 Å². The average molecular weight is 402 g/mol. The molecule has 0 amide bonds. The molecule has 1 aromatic heterocycles. The Balaban J connectivity index is 1.67. The van der Waals surface area contributed by atoms with Crippen molar-refractivity contribution in [3.63, 3.8) is 0 Å². The zero-order valence-corrected chi connectivity index (χ0v) is 14.8. The van der Waals surface area contributed by atoms with Gasteiger partial charge in [-0.15, -0.1) is 10.2 Å². The minimum Gasteiger partial charge on any atom is -0.258 e. The van der Waals surface area contributed by atoms with Crippen LogP contribution in [0.25, 0.3) is 11.3 Å². The van der Waals surface area contributed by atoms with Gasteiger partial charge in [-0.3, -0.25) is 10.1 Å². The Morgan fingerprint density at radius 2 is 1.83 bits per heavy atom. The molecule has 0 spiro atoms. The molecular formula is C17H12BrN3O2S. The Morgan fingerprint density at radius 1 is 1.04 bits per heavy atom. The number of non-ortho nitro benzene ring substituents is 1. The van der Waals surface area contributed by atoms with Gasteiger partial charge >= 0.3 is 0 Å². The van der Waals surface area contributed by atoms with E-state index >= 15 is 0 Å². The second-order valence-electron chi connectivity index (χ2n) is 4.98. The molecule has 5 nitrogen and oxygen atoms in total. The molecule has 0 saturated heterocycles. The number of nitro groups is 1. The van der Waals surface area contributed by atoms with Crippen LogP contribution in [-0.4, -0.2) is 15.1 Å². The van der Waals surface area contributed by atoms with Crippen molar-refractivity contribution >= 4 is 33.4 Å². The molecule has 2 aromatic carbocycles. The number of aromatic nitrogens is 2. The first-order valence-electron chi connectivity index (χ1n) is 7.07. The molecule has 24 heavy (non-hydrogen) atoms. The van der Waals surface area contributed by atoms with Crippen molar-refractivity contribution < 1.29 is 4.92 Å². The van der Waals surface area contributed by atoms with Gasteiger partial charge in [0.2, 0.25) is 0 Å². The Hall–Kier alpha value is -2.25. The van der Waals surface area contributed by atoms with Crippen LogP contribution in [0.5, 0.6) is 0 Å². The molecule has 0 N–H and O–H groups in total. The van der Waals surface area contributed by atoms with Gasteiger partial charge in [0.05, 0.1) is 10.6 Å². The molecule has 0 aliphatic rings. The molecular weight excluding hydrogens is 390 g/mol. The molecule has 7 heteroatoms. The quantitative estimate of drug-likeness (QED) is 0.337. The minimum atomic E-state index is -0.388. The van der Waals surface area contributed by atoms with Crippen molar-refractivity contribution in [2.24, 2.45) is 0 Å². The summed E-state index contributed by atoms with van der Waals surface area (Å²) in [7, 11) is 0. The number of rotatable bonds is 5. The Kier molecular flexibility index (Phi) is 5.22. The van der Waals surface area contributed by atoms with Gasteiger partial charge in [-0.1, -0.05) is 52.0 Å². The molecule has 0 atom stereocenters. The summed E-state index contributed by atoms with van der Waals surface area (Å²) in [5.74, 6) is 0.605. The number of hydrogen-bond acceptors (Lipinski definition) is 5. The van der Waals surface area contributed by atoms with Crippen molar-refractivity contribution in [2.75, 3.05) is 0 Å². The predicted octanol–water partition coefficient (Wildman–Crippen LogP) is 5.11. The van der Waals surface area contributed by atoms with Gasteiger partial charge in [0.1, 0.15) is 5.03 Å². The highest BCUT2D eigenvalue weighted by atomic mass is 79.9. The maximum absolute atomic E-state index is 10.8. The summed E-state index contributed by atoms with van der Waals surface area (Å²) in [5, 5.41) is 20.0. The lowest BCUT2D eigenvalue weighted by Crippen LogP contribution is -1.91. The van der Waals surface area contributed by atoms with Crippen molar-refractivity contribution in [1.29, 1.82) is 0 Å². The SMILES string of the molecule is O=[N+]([O-])c1cccc(CSc2ccc(-c3ccc(Br)cc3)nn2)c1. The van der Waals surface area contributed by atoms with Crippen molar-refractivity contribution in [3.8, 4) is 11.3 Å². The molecule has 0 aliphatic heterocycles. The van der Waals surface area contributed by atoms with Crippen LogP contribution in [0.2, 0.25) is 0 Å². The van der Waals surface area contributed by atoms with Crippen LogP contribution < -0.4 is 0 Å². The summed E-state index contributed by atoms with van der Waals surface area (Å²) >= 11 is 4.90. The largest absolute Gasteiger partial charge is 0.269 e. The van der Waals surface area contributed by atoms with Gasteiger partial charge in [0.15, 0.2) is 0 Å². The highest BCUT2D eigenvalue weighted by Gasteiger charge is 2.07. The third-order valence-electron chi connectivity index (χ3n) is 3.29. The van der Waals surface area contributed by atoms with E-state index in [1.54, 1.807) is 12.1 Å². The summed E-state index contributed by atoms with van der Waals surface area (Å²) in [6.45, 7) is 0. The van der Waals surface area contributed by atoms with E-state index in [0.717, 1.165) is 26.3 Å². The second-order valence-corrected chi connectivity index (χ2v) is 6.89. The van der Waals surface area contributed by atoms with Crippen LogP contribution in [0, 0.1) is 10.1 Å². The number of halogens is 1. The van der Waals surface area contributed by atoms with Crippen LogP contribution in [-0.2, 0) is 5.75 Å². The van der Waals surface area contributed by atoms with Crippen molar-refractivity contribution in [3.05, 3.63) is 80.8 Å². The molecule has 0 aliphatic carbocycles. The van der Waals surface area contributed by atoms with E-state index in [1.807, 2.05) is 42.5 Å². The lowest BCUT2D eigenvalue weighted by Gasteiger charge is -2.03. The summed E-state index contributed by atoms with van der Waals surface area (Å²) < 4.78 is 1.02. The topological polar surface area (TPSA) is 68.9 Å². The van der Waals surface area contributed by atoms with E-state index < -0.39 is 0 Å². The lowest BCUT2D eigenvalue weighted by atomic mass is 10.1. The number of nitrogens with zero attached hydrogens (tertiary/aromatic N) is 3.